The molecule has 0 heterocycles. The van der Waals surface area contributed by atoms with E-state index in [2.05, 4.69) is 21.1 Å². The fourth-order valence-electron chi connectivity index (χ4n) is 3.08. The minimum atomic E-state index is -1.55. The van der Waals surface area contributed by atoms with Crippen molar-refractivity contribution in [1.82, 2.24) is 0 Å². The molecule has 0 fully saturated rings. The van der Waals surface area contributed by atoms with Crippen LogP contribution in [0.25, 0.3) is 0 Å². The number of hydrazone groups is 2. The van der Waals surface area contributed by atoms with E-state index in [1.54, 1.807) is 24.3 Å². The summed E-state index contributed by atoms with van der Waals surface area (Å²) in [7, 11) is 0. The van der Waals surface area contributed by atoms with Crippen LogP contribution in [0.15, 0.2) is 116 Å². The molecular formula is C26H16N4Na2O6S. The molecule has 0 aliphatic heterocycles. The van der Waals surface area contributed by atoms with Crippen LogP contribution >= 0.6 is 11.8 Å². The van der Waals surface area contributed by atoms with Crippen molar-refractivity contribution >= 4 is 58.1 Å². The van der Waals surface area contributed by atoms with Gasteiger partial charge in [0.2, 0.25) is 0 Å². The topological polar surface area (TPSA) is 163 Å². The van der Waals surface area contributed by atoms with Crippen LogP contribution in [0.3, 0.4) is 0 Å². The van der Waals surface area contributed by atoms with Gasteiger partial charge in [-0.1, -0.05) is 11.8 Å². The molecule has 2 aliphatic carbocycles. The van der Waals surface area contributed by atoms with Gasteiger partial charge < -0.3 is 19.8 Å². The van der Waals surface area contributed by atoms with E-state index in [0.717, 1.165) is 34.1 Å². The molecule has 0 aromatic heterocycles. The third-order valence-electron chi connectivity index (χ3n) is 4.94. The van der Waals surface area contributed by atoms with Crippen LogP contribution in [0.1, 0.15) is 0 Å². The van der Waals surface area contributed by atoms with Gasteiger partial charge in [-0.2, -0.15) is 10.2 Å². The largest absolute Gasteiger partial charge is 1.00 e. The minimum Gasteiger partial charge on any atom is -0.545 e. The number of carboxylic acid groups (broad SMARTS) is 2. The monoisotopic (exact) mass is 558 g/mol. The van der Waals surface area contributed by atoms with Crippen LogP contribution in [-0.2, 0) is 19.2 Å². The molecule has 13 heteroatoms. The Morgan fingerprint density at radius 1 is 0.615 bits per heavy atom. The summed E-state index contributed by atoms with van der Waals surface area (Å²) in [4.78, 5) is 46.9. The summed E-state index contributed by atoms with van der Waals surface area (Å²) >= 11 is 1.52. The number of carboxylic acids is 2. The molecule has 2 N–H and O–H groups in total. The molecule has 2 aromatic carbocycles. The predicted octanol–water partition coefficient (Wildman–Crippen LogP) is -4.99. The molecule has 0 amide bonds. The fourth-order valence-corrected chi connectivity index (χ4v) is 3.90. The zero-order valence-electron chi connectivity index (χ0n) is 20.8. The summed E-state index contributed by atoms with van der Waals surface area (Å²) in [6, 6.07) is 14.7. The number of hydrogen-bond donors (Lipinski definition) is 2. The Kier molecular flexibility index (Phi) is 12.3. The molecule has 0 spiro atoms. The van der Waals surface area contributed by atoms with Gasteiger partial charge in [0, 0.05) is 20.9 Å². The maximum absolute atomic E-state index is 11.5. The first kappa shape index (κ1) is 32.2. The van der Waals surface area contributed by atoms with E-state index in [-0.39, 0.29) is 70.5 Å². The molecule has 184 valence electrons. The molecule has 0 radical (unpaired) electrons. The summed E-state index contributed by atoms with van der Waals surface area (Å²) in [6.45, 7) is 0. The summed E-state index contributed by atoms with van der Waals surface area (Å²) in [5.41, 5.74) is 6.61. The first-order chi connectivity index (χ1) is 17.8. The average Bonchev–Trinajstić information content (AvgIpc) is 2.89. The van der Waals surface area contributed by atoms with E-state index in [0.29, 0.717) is 11.4 Å². The molecule has 2 aliphatic rings. The first-order valence-corrected chi connectivity index (χ1v) is 11.5. The Balaban J connectivity index is 0.00000267. The summed E-state index contributed by atoms with van der Waals surface area (Å²) in [5, 5.41) is 30.1. The molecule has 10 nitrogen and oxygen atoms in total. The van der Waals surface area contributed by atoms with Crippen LogP contribution < -0.4 is 80.2 Å². The summed E-state index contributed by atoms with van der Waals surface area (Å²) in [6.07, 6.45) is 7.35. The van der Waals surface area contributed by atoms with Crippen molar-refractivity contribution in [3.8, 4) is 0 Å². The van der Waals surface area contributed by atoms with Gasteiger partial charge in [-0.25, -0.2) is 0 Å². The third kappa shape index (κ3) is 9.01. The van der Waals surface area contributed by atoms with Crippen molar-refractivity contribution in [2.24, 2.45) is 10.2 Å². The number of benzene rings is 2. The van der Waals surface area contributed by atoms with Gasteiger partial charge in [-0.05, 0) is 85.0 Å². The minimum absolute atomic E-state index is 0. The van der Waals surface area contributed by atoms with Crippen molar-refractivity contribution in [2.75, 3.05) is 10.9 Å². The molecule has 0 bridgehead atoms. The smallest absolute Gasteiger partial charge is 0.545 e. The Hall–Kier alpha value is -3.03. The average molecular weight is 558 g/mol. The number of nitrogens with one attached hydrogen (secondary N) is 2. The van der Waals surface area contributed by atoms with Crippen LogP contribution in [0.4, 0.5) is 11.4 Å². The van der Waals surface area contributed by atoms with Crippen LogP contribution in [-0.4, -0.2) is 34.9 Å². The number of allylic oxidation sites excluding steroid dienone is 6. The van der Waals surface area contributed by atoms with E-state index in [4.69, 9.17) is 0 Å². The van der Waals surface area contributed by atoms with Gasteiger partial charge in [0.1, 0.15) is 0 Å². The Morgan fingerprint density at radius 2 is 0.974 bits per heavy atom. The molecule has 4 rings (SSSR count). The van der Waals surface area contributed by atoms with Crippen molar-refractivity contribution in [1.29, 1.82) is 0 Å². The number of nitrogens with zero attached hydrogens (tertiary/aromatic N) is 2. The Labute approximate surface area is 271 Å². The number of hydrogen-bond acceptors (Lipinski definition) is 11. The van der Waals surface area contributed by atoms with Crippen LogP contribution in [0.2, 0.25) is 0 Å². The number of carbonyl (C=O) groups excluding carboxylic acids is 4. The zero-order valence-corrected chi connectivity index (χ0v) is 25.7. The molecule has 0 unspecified atom stereocenters. The maximum atomic E-state index is 11.5. The molecule has 39 heavy (non-hydrogen) atoms. The Morgan fingerprint density at radius 3 is 1.31 bits per heavy atom. The molecule has 2 aromatic rings. The number of aliphatic carboxylic acids is 2. The van der Waals surface area contributed by atoms with E-state index < -0.39 is 34.7 Å². The van der Waals surface area contributed by atoms with E-state index >= 15 is 0 Å². The van der Waals surface area contributed by atoms with Crippen LogP contribution in [0, 0.1) is 0 Å². The van der Waals surface area contributed by atoms with Gasteiger partial charge in [0.25, 0.3) is 0 Å². The fraction of sp³-hybridized carbons (Fsp3) is 0. The number of ketones is 2. The van der Waals surface area contributed by atoms with E-state index in [1.165, 1.54) is 23.9 Å². The number of anilines is 2. The van der Waals surface area contributed by atoms with Gasteiger partial charge in [0.05, 0.1) is 34.7 Å². The zero-order chi connectivity index (χ0) is 26.4. The van der Waals surface area contributed by atoms with Gasteiger partial charge in [-0.15, -0.1) is 0 Å². The van der Waals surface area contributed by atoms with Crippen molar-refractivity contribution in [3.05, 3.63) is 96.1 Å². The van der Waals surface area contributed by atoms with Crippen molar-refractivity contribution in [3.63, 3.8) is 0 Å². The maximum Gasteiger partial charge on any atom is 1.00 e. The second-order valence-electron chi connectivity index (χ2n) is 7.53. The molecular weight excluding hydrogens is 542 g/mol. The number of rotatable bonds is 8. The van der Waals surface area contributed by atoms with Gasteiger partial charge in [0.15, 0.2) is 11.6 Å². The quantitative estimate of drug-likeness (QED) is 0.140. The third-order valence-corrected chi connectivity index (χ3v) is 5.95. The summed E-state index contributed by atoms with van der Waals surface area (Å²) < 4.78 is 0. The van der Waals surface area contributed by atoms with Crippen molar-refractivity contribution < 1.29 is 88.5 Å². The van der Waals surface area contributed by atoms with E-state index in [1.807, 2.05) is 24.3 Å². The van der Waals surface area contributed by atoms with E-state index in [9.17, 15) is 29.4 Å². The first-order valence-electron chi connectivity index (χ1n) is 10.6. The van der Waals surface area contributed by atoms with Crippen molar-refractivity contribution in [2.45, 2.75) is 9.79 Å². The Bertz CT molecular complexity index is 1370. The number of carbonyl (C=O) groups is 4. The molecule has 0 saturated carbocycles. The molecule has 0 saturated heterocycles. The predicted molar refractivity (Wildman–Crippen MR) is 134 cm³/mol. The SMILES string of the molecule is O=C([O-])C1=C/C(=N/Nc2ccc(Sc3ccc(N/N=C4\C=CC(=O)C(C(=O)[O-])=C4)cc3)cc2)C=CC1=O.[Na+].[Na+]. The normalized spacial score (nSPS) is 16.1. The summed E-state index contributed by atoms with van der Waals surface area (Å²) in [5.74, 6) is -4.38. The second kappa shape index (κ2) is 14.9. The van der Waals surface area contributed by atoms with Gasteiger partial charge >= 0.3 is 59.1 Å². The second-order valence-corrected chi connectivity index (χ2v) is 8.68. The van der Waals surface area contributed by atoms with Crippen LogP contribution in [0.5, 0.6) is 0 Å². The standard InChI is InChI=1S/C26H18N4O6S.2Na/c31-23-11-5-17(13-21(23)25(33)34)29-27-15-1-7-19(8-2-15)37-20-9-3-16(4-10-20)28-30-18-6-12-24(32)22(14-18)26(35)36;;/h1-14,27-28H,(H,33,34)(H,35,36);;/q;2*+1/p-2/b29-17+,30-18+;;. The van der Waals surface area contributed by atoms with Gasteiger partial charge in [-0.3, -0.25) is 20.4 Å². The molecule has 0 atom stereocenters.